The topological polar surface area (TPSA) is 116 Å². The molecule has 5 atom stereocenters. The highest BCUT2D eigenvalue weighted by molar-refractivity contribution is 5.73. The monoisotopic (exact) mass is 208 g/mol. The molecular weight excluding hydrogens is 196 g/mol. The van der Waals surface area contributed by atoms with Gasteiger partial charge in [0.2, 0.25) is 0 Å². The molecule has 1 fully saturated rings. The van der Waals surface area contributed by atoms with Gasteiger partial charge >= 0.3 is 5.97 Å². The second-order valence-electron chi connectivity index (χ2n) is 2.97. The normalized spacial score (nSPS) is 43.6. The van der Waals surface area contributed by atoms with Gasteiger partial charge in [-0.25, -0.2) is 4.79 Å². The van der Waals surface area contributed by atoms with Crippen LogP contribution in [0, 0.1) is 0 Å². The first-order chi connectivity index (χ1) is 6.49. The van der Waals surface area contributed by atoms with Gasteiger partial charge in [-0.2, -0.15) is 0 Å². The molecule has 0 aromatic heterocycles. The van der Waals surface area contributed by atoms with Gasteiger partial charge in [0.1, 0.15) is 18.3 Å². The van der Waals surface area contributed by atoms with Gasteiger partial charge in [-0.15, -0.1) is 0 Å². The van der Waals surface area contributed by atoms with Crippen LogP contribution in [0.5, 0.6) is 0 Å². The Balaban J connectivity index is 2.80. The van der Waals surface area contributed by atoms with Gasteiger partial charge in [0.15, 0.2) is 12.4 Å². The third-order valence-electron chi connectivity index (χ3n) is 2.08. The van der Waals surface area contributed by atoms with E-state index in [0.29, 0.717) is 0 Å². The van der Waals surface area contributed by atoms with Crippen molar-refractivity contribution in [2.75, 3.05) is 7.11 Å². The van der Waals surface area contributed by atoms with Crippen LogP contribution in [0.2, 0.25) is 0 Å². The van der Waals surface area contributed by atoms with Crippen LogP contribution in [0.15, 0.2) is 0 Å². The van der Waals surface area contributed by atoms with E-state index in [1.807, 2.05) is 0 Å². The number of ether oxygens (including phenoxy) is 2. The molecular formula is C7H12O7. The number of carboxylic acids is 1. The number of hydrogen-bond acceptors (Lipinski definition) is 6. The Morgan fingerprint density at radius 2 is 1.86 bits per heavy atom. The minimum Gasteiger partial charge on any atom is -0.479 e. The fourth-order valence-electron chi connectivity index (χ4n) is 1.33. The highest BCUT2D eigenvalue weighted by Gasteiger charge is 2.47. The number of carboxylic acid groups (broad SMARTS) is 1. The Labute approximate surface area is 79.5 Å². The molecule has 1 aliphatic heterocycles. The Kier molecular flexibility index (Phi) is 3.40. The summed E-state index contributed by atoms with van der Waals surface area (Å²) >= 11 is 0. The number of hydrogen-bond donors (Lipinski definition) is 4. The number of aliphatic carboxylic acids is 1. The highest BCUT2D eigenvalue weighted by Crippen LogP contribution is 2.21. The van der Waals surface area contributed by atoms with E-state index in [4.69, 9.17) is 10.2 Å². The standard InChI is InChI=1S/C7H12O7/c1-13-4-2(8)5(6(10)11)14-7(12)3(4)9/h2-5,7-9,12H,1H3,(H,10,11)/t2?,3?,4-,5-,7+/m0/s1. The van der Waals surface area contributed by atoms with Crippen molar-refractivity contribution < 1.29 is 34.7 Å². The van der Waals surface area contributed by atoms with Crippen LogP contribution in [0.25, 0.3) is 0 Å². The average molecular weight is 208 g/mol. The van der Waals surface area contributed by atoms with Crippen molar-refractivity contribution in [3.63, 3.8) is 0 Å². The van der Waals surface area contributed by atoms with Crippen molar-refractivity contribution in [3.05, 3.63) is 0 Å². The molecule has 2 unspecified atom stereocenters. The lowest BCUT2D eigenvalue weighted by Crippen LogP contribution is -2.60. The number of methoxy groups -OCH3 is 1. The summed E-state index contributed by atoms with van der Waals surface area (Å²) in [6.45, 7) is 0. The van der Waals surface area contributed by atoms with E-state index in [0.717, 1.165) is 0 Å². The quantitative estimate of drug-likeness (QED) is 0.397. The molecule has 7 heteroatoms. The maximum Gasteiger partial charge on any atom is 0.335 e. The molecule has 14 heavy (non-hydrogen) atoms. The van der Waals surface area contributed by atoms with Crippen LogP contribution >= 0.6 is 0 Å². The molecule has 0 aromatic carbocycles. The molecule has 1 aliphatic rings. The van der Waals surface area contributed by atoms with Crippen LogP contribution in [-0.4, -0.2) is 64.2 Å². The van der Waals surface area contributed by atoms with Crippen LogP contribution in [0.3, 0.4) is 0 Å². The SMILES string of the molecule is CO[C@@H]1C(O)[C@H](O)O[C@H](C(=O)O)C1O. The van der Waals surface area contributed by atoms with Crippen LogP contribution in [0.4, 0.5) is 0 Å². The molecule has 1 rings (SSSR count). The van der Waals surface area contributed by atoms with E-state index < -0.39 is 36.7 Å². The summed E-state index contributed by atoms with van der Waals surface area (Å²) in [5, 5.41) is 36.3. The van der Waals surface area contributed by atoms with Gasteiger partial charge in [0.05, 0.1) is 0 Å². The Morgan fingerprint density at radius 1 is 1.29 bits per heavy atom. The molecule has 0 radical (unpaired) electrons. The van der Waals surface area contributed by atoms with Gasteiger partial charge in [-0.3, -0.25) is 0 Å². The van der Waals surface area contributed by atoms with E-state index in [9.17, 15) is 15.0 Å². The lowest BCUT2D eigenvalue weighted by Gasteiger charge is -2.38. The molecule has 0 saturated carbocycles. The van der Waals surface area contributed by atoms with Gasteiger partial charge in [0.25, 0.3) is 0 Å². The Bertz CT molecular complexity index is 218. The first-order valence-electron chi connectivity index (χ1n) is 3.94. The lowest BCUT2D eigenvalue weighted by molar-refractivity contribution is -0.283. The first-order valence-corrected chi connectivity index (χ1v) is 3.94. The second-order valence-corrected chi connectivity index (χ2v) is 2.97. The van der Waals surface area contributed by atoms with E-state index >= 15 is 0 Å². The summed E-state index contributed by atoms with van der Waals surface area (Å²) in [6, 6.07) is 0. The third-order valence-corrected chi connectivity index (χ3v) is 2.08. The summed E-state index contributed by atoms with van der Waals surface area (Å²) < 4.78 is 9.14. The zero-order valence-electron chi connectivity index (χ0n) is 7.40. The van der Waals surface area contributed by atoms with Crippen LogP contribution in [0.1, 0.15) is 0 Å². The lowest BCUT2D eigenvalue weighted by atomic mass is 9.99. The zero-order chi connectivity index (χ0) is 10.9. The van der Waals surface area contributed by atoms with Gasteiger partial charge < -0.3 is 29.9 Å². The van der Waals surface area contributed by atoms with Gasteiger partial charge in [0, 0.05) is 7.11 Å². The predicted molar refractivity (Wildman–Crippen MR) is 41.3 cm³/mol. The molecule has 82 valence electrons. The third kappa shape index (κ3) is 1.86. The molecule has 0 bridgehead atoms. The fraction of sp³-hybridized carbons (Fsp3) is 0.857. The highest BCUT2D eigenvalue weighted by atomic mass is 16.7. The van der Waals surface area contributed by atoms with Gasteiger partial charge in [-0.1, -0.05) is 0 Å². The molecule has 0 spiro atoms. The van der Waals surface area contributed by atoms with Crippen molar-refractivity contribution >= 4 is 5.97 Å². The van der Waals surface area contributed by atoms with Crippen molar-refractivity contribution in [3.8, 4) is 0 Å². The molecule has 0 aromatic rings. The first kappa shape index (κ1) is 11.3. The summed E-state index contributed by atoms with van der Waals surface area (Å²) in [5.41, 5.74) is 0. The maximum absolute atomic E-state index is 10.5. The molecule has 1 saturated heterocycles. The van der Waals surface area contributed by atoms with E-state index in [1.54, 1.807) is 0 Å². The van der Waals surface area contributed by atoms with Crippen molar-refractivity contribution in [1.29, 1.82) is 0 Å². The number of aliphatic hydroxyl groups excluding tert-OH is 3. The Morgan fingerprint density at radius 3 is 2.29 bits per heavy atom. The second kappa shape index (κ2) is 4.20. The van der Waals surface area contributed by atoms with E-state index in [-0.39, 0.29) is 0 Å². The summed E-state index contributed by atoms with van der Waals surface area (Å²) in [6.07, 6.45) is -7.44. The summed E-state index contributed by atoms with van der Waals surface area (Å²) in [7, 11) is 1.19. The molecule has 1 heterocycles. The zero-order valence-corrected chi connectivity index (χ0v) is 7.40. The van der Waals surface area contributed by atoms with Crippen LogP contribution in [-0.2, 0) is 14.3 Å². The number of carbonyl (C=O) groups is 1. The van der Waals surface area contributed by atoms with Crippen molar-refractivity contribution in [1.82, 2.24) is 0 Å². The Hall–Kier alpha value is -0.730. The van der Waals surface area contributed by atoms with E-state index in [1.165, 1.54) is 7.11 Å². The fourth-order valence-corrected chi connectivity index (χ4v) is 1.33. The van der Waals surface area contributed by atoms with Crippen molar-refractivity contribution in [2.24, 2.45) is 0 Å². The number of rotatable bonds is 2. The summed E-state index contributed by atoms with van der Waals surface area (Å²) in [5.74, 6) is -1.43. The molecule has 0 amide bonds. The molecule has 0 aliphatic carbocycles. The molecule has 7 nitrogen and oxygen atoms in total. The molecule has 4 N–H and O–H groups in total. The summed E-state index contributed by atoms with van der Waals surface area (Å²) in [4.78, 5) is 10.5. The minimum atomic E-state index is -1.68. The average Bonchev–Trinajstić information content (AvgIpc) is 2.12. The number of aliphatic hydroxyl groups is 3. The predicted octanol–water partition coefficient (Wildman–Crippen LogP) is -2.47. The van der Waals surface area contributed by atoms with E-state index in [2.05, 4.69) is 9.47 Å². The maximum atomic E-state index is 10.5. The largest absolute Gasteiger partial charge is 0.479 e. The van der Waals surface area contributed by atoms with Crippen molar-refractivity contribution in [2.45, 2.75) is 30.7 Å². The van der Waals surface area contributed by atoms with Gasteiger partial charge in [-0.05, 0) is 0 Å². The van der Waals surface area contributed by atoms with Crippen LogP contribution < -0.4 is 0 Å². The smallest absolute Gasteiger partial charge is 0.335 e. The minimum absolute atomic E-state index is 1.18.